The lowest BCUT2D eigenvalue weighted by molar-refractivity contribution is 0.101. The van der Waals surface area contributed by atoms with E-state index in [1.165, 1.54) is 0 Å². The van der Waals surface area contributed by atoms with Crippen molar-refractivity contribution < 1.29 is 9.59 Å². The van der Waals surface area contributed by atoms with E-state index in [0.29, 0.717) is 86.9 Å². The standard InChI is InChI=1S/C39H24Cl4N4O2/c1-21-10-15-34(46-38(48)26-19-35(22-11-13-28(40)30(42)17-22)44-32-8-4-2-6-24(26)32)37(16-21)47-39(49)27-20-36(23-12-14-29(41)31(43)18-23)45-33-9-5-3-7-25(27)33/h2-20H,1H3,(H,46,48)(H,47,49). The maximum Gasteiger partial charge on any atom is 0.256 e. The number of fused-ring (bicyclic) bond motifs is 2. The highest BCUT2D eigenvalue weighted by atomic mass is 35.5. The SMILES string of the molecule is Cc1ccc(NC(=O)c2cc(-c3ccc(Cl)c(Cl)c3)nc3ccccc23)c(NC(=O)c2cc(-c3ccc(Cl)c(Cl)c3)nc3ccccc23)c1. The van der Waals surface area contributed by atoms with Gasteiger partial charge in [-0.3, -0.25) is 9.59 Å². The molecular weight excluding hydrogens is 698 g/mol. The lowest BCUT2D eigenvalue weighted by atomic mass is 10.0. The number of hydrogen-bond acceptors (Lipinski definition) is 4. The fraction of sp³-hybridized carbons (Fsp3) is 0.0256. The third-order valence-electron chi connectivity index (χ3n) is 8.02. The predicted molar refractivity (Wildman–Crippen MR) is 201 cm³/mol. The number of nitrogens with zero attached hydrogens (tertiary/aromatic N) is 2. The zero-order chi connectivity index (χ0) is 34.2. The number of carbonyl (C=O) groups excluding carboxylic acids is 2. The minimum Gasteiger partial charge on any atom is -0.320 e. The van der Waals surface area contributed by atoms with Gasteiger partial charge in [0.05, 0.1) is 65.0 Å². The van der Waals surface area contributed by atoms with E-state index in [9.17, 15) is 9.59 Å². The second-order valence-electron chi connectivity index (χ2n) is 11.4. The molecule has 0 radical (unpaired) electrons. The Morgan fingerprint density at radius 3 is 1.47 bits per heavy atom. The second kappa shape index (κ2) is 13.5. The Bertz CT molecular complexity index is 2470. The van der Waals surface area contributed by atoms with Crippen LogP contribution in [0, 0.1) is 6.92 Å². The van der Waals surface area contributed by atoms with Crippen molar-refractivity contribution in [3.8, 4) is 22.5 Å². The number of nitrogens with one attached hydrogen (secondary N) is 2. The van der Waals surface area contributed by atoms with Crippen molar-refractivity contribution in [1.29, 1.82) is 0 Å². The Morgan fingerprint density at radius 1 is 0.510 bits per heavy atom. The van der Waals surface area contributed by atoms with E-state index in [-0.39, 0.29) is 11.8 Å². The van der Waals surface area contributed by atoms with Crippen LogP contribution in [-0.4, -0.2) is 21.8 Å². The monoisotopic (exact) mass is 720 g/mol. The van der Waals surface area contributed by atoms with Gasteiger partial charge in [0.2, 0.25) is 0 Å². The highest BCUT2D eigenvalue weighted by Crippen LogP contribution is 2.33. The van der Waals surface area contributed by atoms with Crippen LogP contribution in [0.5, 0.6) is 0 Å². The van der Waals surface area contributed by atoms with E-state index < -0.39 is 0 Å². The van der Waals surface area contributed by atoms with E-state index in [1.54, 1.807) is 54.6 Å². The zero-order valence-corrected chi connectivity index (χ0v) is 28.7. The first kappa shape index (κ1) is 32.6. The maximum atomic E-state index is 14.1. The molecule has 0 aliphatic carbocycles. The summed E-state index contributed by atoms with van der Waals surface area (Å²) in [5, 5.41) is 8.99. The topological polar surface area (TPSA) is 84.0 Å². The molecular formula is C39H24Cl4N4O2. The molecule has 0 aliphatic heterocycles. The van der Waals surface area contributed by atoms with Crippen molar-refractivity contribution in [2.45, 2.75) is 6.92 Å². The molecule has 6 nitrogen and oxygen atoms in total. The fourth-order valence-electron chi connectivity index (χ4n) is 5.58. The smallest absolute Gasteiger partial charge is 0.256 e. The van der Waals surface area contributed by atoms with Gasteiger partial charge in [-0.05, 0) is 73.2 Å². The van der Waals surface area contributed by atoms with Crippen LogP contribution in [0.3, 0.4) is 0 Å². The molecule has 0 unspecified atom stereocenters. The summed E-state index contributed by atoms with van der Waals surface area (Å²) in [5.41, 5.74) is 6.35. The van der Waals surface area contributed by atoms with Crippen molar-refractivity contribution in [2.75, 3.05) is 10.6 Å². The lowest BCUT2D eigenvalue weighted by Gasteiger charge is -2.16. The minimum absolute atomic E-state index is 0.378. The van der Waals surface area contributed by atoms with E-state index in [0.717, 1.165) is 5.56 Å². The quantitative estimate of drug-likeness (QED) is 0.179. The lowest BCUT2D eigenvalue weighted by Crippen LogP contribution is -2.18. The molecule has 0 saturated heterocycles. The Balaban J connectivity index is 1.25. The van der Waals surface area contributed by atoms with Gasteiger partial charge in [-0.25, -0.2) is 9.97 Å². The predicted octanol–water partition coefficient (Wildman–Crippen LogP) is 11.5. The molecule has 0 atom stereocenters. The number of para-hydroxylation sites is 2. The Kier molecular flexibility index (Phi) is 8.97. The number of carbonyl (C=O) groups is 2. The molecule has 5 aromatic carbocycles. The molecule has 2 N–H and O–H groups in total. The summed E-state index contributed by atoms with van der Waals surface area (Å²) < 4.78 is 0. The number of anilines is 2. The Labute approximate surface area is 301 Å². The van der Waals surface area contributed by atoms with Crippen molar-refractivity contribution in [1.82, 2.24) is 9.97 Å². The second-order valence-corrected chi connectivity index (χ2v) is 13.0. The largest absolute Gasteiger partial charge is 0.320 e. The van der Waals surface area contributed by atoms with Crippen LogP contribution in [0.4, 0.5) is 11.4 Å². The van der Waals surface area contributed by atoms with Crippen LogP contribution in [0.2, 0.25) is 20.1 Å². The van der Waals surface area contributed by atoms with Gasteiger partial charge in [0.1, 0.15) is 0 Å². The number of hydrogen-bond donors (Lipinski definition) is 2. The summed E-state index contributed by atoms with van der Waals surface area (Å²) in [6.07, 6.45) is 0. The Hall–Kier alpha value is -4.98. The minimum atomic E-state index is -0.379. The van der Waals surface area contributed by atoms with E-state index in [4.69, 9.17) is 56.4 Å². The molecule has 49 heavy (non-hydrogen) atoms. The number of amides is 2. The molecule has 10 heteroatoms. The van der Waals surface area contributed by atoms with Crippen molar-refractivity contribution >= 4 is 91.4 Å². The first-order valence-electron chi connectivity index (χ1n) is 15.1. The zero-order valence-electron chi connectivity index (χ0n) is 25.7. The average molecular weight is 722 g/mol. The molecule has 2 aromatic heterocycles. The first-order valence-corrected chi connectivity index (χ1v) is 16.6. The molecule has 0 saturated carbocycles. The van der Waals surface area contributed by atoms with Gasteiger partial charge in [-0.1, -0.05) is 101 Å². The van der Waals surface area contributed by atoms with Gasteiger partial charge in [-0.15, -0.1) is 0 Å². The summed E-state index contributed by atoms with van der Waals surface area (Å²) >= 11 is 24.9. The maximum absolute atomic E-state index is 14.1. The third-order valence-corrected chi connectivity index (χ3v) is 9.50. The van der Waals surface area contributed by atoms with Crippen LogP contribution in [-0.2, 0) is 0 Å². The number of benzene rings is 5. The summed E-state index contributed by atoms with van der Waals surface area (Å²) in [6.45, 7) is 1.91. The van der Waals surface area contributed by atoms with E-state index >= 15 is 0 Å². The number of aryl methyl sites for hydroxylation is 1. The van der Waals surface area contributed by atoms with Crippen LogP contribution < -0.4 is 10.6 Å². The van der Waals surface area contributed by atoms with Gasteiger partial charge in [0.25, 0.3) is 11.8 Å². The summed E-state index contributed by atoms with van der Waals surface area (Å²) in [5.74, 6) is -0.757. The third kappa shape index (κ3) is 6.69. The fourth-order valence-corrected chi connectivity index (χ4v) is 6.18. The highest BCUT2D eigenvalue weighted by molar-refractivity contribution is 6.42. The van der Waals surface area contributed by atoms with Gasteiger partial charge >= 0.3 is 0 Å². The molecule has 0 bridgehead atoms. The van der Waals surface area contributed by atoms with Crippen LogP contribution >= 0.6 is 46.4 Å². The molecule has 240 valence electrons. The number of halogens is 4. The molecule has 0 aliphatic rings. The summed E-state index contributed by atoms with van der Waals surface area (Å²) in [4.78, 5) is 37.6. The van der Waals surface area contributed by atoms with Crippen molar-refractivity contribution in [3.05, 3.63) is 152 Å². The van der Waals surface area contributed by atoms with Gasteiger partial charge in [-0.2, -0.15) is 0 Å². The number of aromatic nitrogens is 2. The Morgan fingerprint density at radius 2 is 0.980 bits per heavy atom. The first-order chi connectivity index (χ1) is 23.6. The van der Waals surface area contributed by atoms with Crippen LogP contribution in [0.15, 0.2) is 115 Å². The summed E-state index contributed by atoms with van der Waals surface area (Å²) in [6, 6.07) is 34.1. The molecule has 0 fully saturated rings. The average Bonchev–Trinajstić information content (AvgIpc) is 3.10. The van der Waals surface area contributed by atoms with Gasteiger partial charge in [0, 0.05) is 21.9 Å². The van der Waals surface area contributed by atoms with E-state index in [1.807, 2.05) is 67.6 Å². The molecule has 2 amide bonds. The molecule has 7 rings (SSSR count). The normalized spacial score (nSPS) is 11.1. The van der Waals surface area contributed by atoms with E-state index in [2.05, 4.69) is 10.6 Å². The molecule has 2 heterocycles. The van der Waals surface area contributed by atoms with Crippen molar-refractivity contribution in [3.63, 3.8) is 0 Å². The highest BCUT2D eigenvalue weighted by Gasteiger charge is 2.19. The molecule has 0 spiro atoms. The number of pyridine rings is 2. The van der Waals surface area contributed by atoms with Crippen molar-refractivity contribution in [2.24, 2.45) is 0 Å². The summed E-state index contributed by atoms with van der Waals surface area (Å²) in [7, 11) is 0. The van der Waals surface area contributed by atoms with Gasteiger partial charge in [0.15, 0.2) is 0 Å². The molecule has 7 aromatic rings. The van der Waals surface area contributed by atoms with Crippen LogP contribution in [0.1, 0.15) is 26.3 Å². The number of rotatable bonds is 6. The van der Waals surface area contributed by atoms with Crippen LogP contribution in [0.25, 0.3) is 44.3 Å². The van der Waals surface area contributed by atoms with Gasteiger partial charge < -0.3 is 10.6 Å².